The van der Waals surface area contributed by atoms with Crippen molar-refractivity contribution >= 4 is 73.1 Å². The van der Waals surface area contributed by atoms with E-state index in [0.29, 0.717) is 80.8 Å². The van der Waals surface area contributed by atoms with E-state index in [9.17, 15) is 35.2 Å². The van der Waals surface area contributed by atoms with E-state index in [0.717, 1.165) is 0 Å². The number of piperazine rings is 2. The first-order valence-corrected chi connectivity index (χ1v) is 33.3. The Bertz CT molecular complexity index is 2860. The van der Waals surface area contributed by atoms with E-state index in [4.69, 9.17) is 18.9 Å². The van der Waals surface area contributed by atoms with Crippen LogP contribution in [0.3, 0.4) is 0 Å². The highest BCUT2D eigenvalue weighted by molar-refractivity contribution is 7.88. The maximum Gasteiger partial charge on any atom is 0.488 e. The van der Waals surface area contributed by atoms with Crippen molar-refractivity contribution in [2.75, 3.05) is 87.9 Å². The number of sulfonamides is 2. The van der Waals surface area contributed by atoms with Crippen LogP contribution in [0.5, 0.6) is 0 Å². The van der Waals surface area contributed by atoms with Crippen LogP contribution in [0.15, 0.2) is 82.7 Å². The summed E-state index contributed by atoms with van der Waals surface area (Å²) in [5, 5.41) is 17.3. The fraction of sp³-hybridized carbons (Fsp3) is 0.500. The van der Waals surface area contributed by atoms with Gasteiger partial charge in [0.2, 0.25) is 20.0 Å². The van der Waals surface area contributed by atoms with Crippen LogP contribution in [-0.2, 0) is 28.9 Å². The Morgan fingerprint density at radius 1 is 0.658 bits per heavy atom. The molecule has 2 aliphatic rings. The average Bonchev–Trinajstić information content (AvgIpc) is 3.30. The molecule has 0 bridgehead atoms. The number of aromatic nitrogens is 4. The molecule has 0 atom stereocenters. The van der Waals surface area contributed by atoms with Gasteiger partial charge in [0.15, 0.2) is 28.3 Å². The molecule has 0 amide bonds. The van der Waals surface area contributed by atoms with Gasteiger partial charge in [0, 0.05) is 70.4 Å². The molecule has 2 aromatic carbocycles. The predicted molar refractivity (Wildman–Crippen MR) is 293 cm³/mol. The van der Waals surface area contributed by atoms with E-state index in [1.54, 1.807) is 17.3 Å². The molecule has 25 heteroatoms. The Labute approximate surface area is 431 Å². The van der Waals surface area contributed by atoms with Crippen molar-refractivity contribution in [3.05, 3.63) is 117 Å². The van der Waals surface area contributed by atoms with Gasteiger partial charge in [0.25, 0.3) is 11.1 Å². The molecular formula is C48H73BF2N8O10S2Si2. The Kier molecular flexibility index (Phi) is 21.0. The molecule has 0 spiro atoms. The topological polar surface area (TPSA) is 221 Å². The number of hydrogen-bond acceptors (Lipinski definition) is 14. The van der Waals surface area contributed by atoms with Crippen molar-refractivity contribution in [1.82, 2.24) is 28.1 Å². The van der Waals surface area contributed by atoms with Crippen molar-refractivity contribution in [2.45, 2.75) is 77.8 Å². The quantitative estimate of drug-likeness (QED) is 0.143. The first kappa shape index (κ1) is 60.9. The van der Waals surface area contributed by atoms with Gasteiger partial charge in [-0.25, -0.2) is 35.6 Å². The Hall–Kier alpha value is -4.70. The van der Waals surface area contributed by atoms with Crippen molar-refractivity contribution in [1.29, 1.82) is 0 Å². The number of aromatic amines is 1. The van der Waals surface area contributed by atoms with Crippen LogP contribution in [0.1, 0.15) is 52.9 Å². The molecule has 2 aromatic heterocycles. The Morgan fingerprint density at radius 3 is 1.47 bits per heavy atom. The van der Waals surface area contributed by atoms with Crippen LogP contribution >= 0.6 is 0 Å². The third kappa shape index (κ3) is 18.0. The number of nitrogens with zero attached hydrogens (tertiary/aromatic N) is 7. The first-order chi connectivity index (χ1) is 33.7. The summed E-state index contributed by atoms with van der Waals surface area (Å²) in [4.78, 5) is 40.9. The molecule has 0 radical (unpaired) electrons. The van der Waals surface area contributed by atoms with Crippen LogP contribution in [0.25, 0.3) is 17.8 Å². The summed E-state index contributed by atoms with van der Waals surface area (Å²) in [7, 11) is -11.7. The minimum absolute atomic E-state index is 0.0934. The lowest BCUT2D eigenvalue weighted by atomic mass is 9.80. The molecule has 0 saturated carbocycles. The van der Waals surface area contributed by atoms with E-state index < -0.39 is 49.6 Å². The molecule has 402 valence electrons. The third-order valence-corrected chi connectivity index (χ3v) is 24.9. The summed E-state index contributed by atoms with van der Waals surface area (Å²) in [5.74, 6) is -0.226. The molecule has 0 aliphatic carbocycles. The first-order valence-electron chi connectivity index (χ1n) is 23.8. The highest BCUT2D eigenvalue weighted by atomic mass is 32.2. The monoisotopic (exact) mass is 1090 g/mol. The van der Waals surface area contributed by atoms with Gasteiger partial charge in [-0.05, 0) is 90.3 Å². The highest BCUT2D eigenvalue weighted by Crippen LogP contribution is 2.37. The third-order valence-electron chi connectivity index (χ3n) is 13.3. The van der Waals surface area contributed by atoms with Crippen LogP contribution in [0.4, 0.5) is 20.4 Å². The second-order valence-corrected chi connectivity index (χ2v) is 34.4. The van der Waals surface area contributed by atoms with Crippen molar-refractivity contribution in [3.8, 4) is 5.69 Å². The number of anilines is 2. The second-order valence-electron chi connectivity index (χ2n) is 20.8. The van der Waals surface area contributed by atoms with E-state index >= 15 is 0 Å². The zero-order chi connectivity index (χ0) is 54.7. The standard InChI is InChI=1S/C24H35FN4O4SSi.C18H32N4O4SSi.C6H6BFO2/c1-24(2,3)35(5,6)33-17-7-8-20-18-29(21-11-9-19(25)10-12-21)23(30)22(26-20)27-13-15-28(16-14-27)34(4,31)32;1-18(2,3)28(5,6)26-13-7-8-15-14-19-17(23)16(20-15)21-9-11-22(12-10-21)27(4,24)25;8-6-3-1-5(2-4-6)7(9)10/h7-12,18H,13-17H2,1-6H3;7-8,14H,9-13H2,1-6H3,(H,19,23);1-4,9-10H/b2*8-7+;. The predicted octanol–water partition coefficient (Wildman–Crippen LogP) is 4.88. The maximum absolute atomic E-state index is 13.5. The van der Waals surface area contributed by atoms with Crippen LogP contribution < -0.4 is 26.4 Å². The van der Waals surface area contributed by atoms with Gasteiger partial charge < -0.3 is 33.7 Å². The largest absolute Gasteiger partial charge is 0.488 e. The van der Waals surface area contributed by atoms with Crippen molar-refractivity contribution < 1.29 is 44.5 Å². The molecule has 3 N–H and O–H groups in total. The summed E-state index contributed by atoms with van der Waals surface area (Å²) in [6.07, 6.45) is 13.0. The molecule has 2 fully saturated rings. The smallest absolute Gasteiger partial charge is 0.423 e. The van der Waals surface area contributed by atoms with Crippen molar-refractivity contribution in [3.63, 3.8) is 0 Å². The fourth-order valence-electron chi connectivity index (χ4n) is 6.67. The van der Waals surface area contributed by atoms with Gasteiger partial charge in [-0.3, -0.25) is 14.2 Å². The van der Waals surface area contributed by atoms with Gasteiger partial charge in [0.05, 0.1) is 37.1 Å². The highest BCUT2D eigenvalue weighted by Gasteiger charge is 2.38. The molecule has 73 heavy (non-hydrogen) atoms. The van der Waals surface area contributed by atoms with E-state index in [2.05, 4.69) is 82.7 Å². The number of nitrogens with one attached hydrogen (secondary N) is 1. The minimum Gasteiger partial charge on any atom is -0.423 e. The number of benzene rings is 2. The summed E-state index contributed by atoms with van der Waals surface area (Å²) in [6, 6.07) is 10.7. The van der Waals surface area contributed by atoms with Crippen LogP contribution in [0, 0.1) is 11.6 Å². The lowest BCUT2D eigenvalue weighted by molar-refractivity contribution is 0.328. The summed E-state index contributed by atoms with van der Waals surface area (Å²) >= 11 is 0. The Balaban J connectivity index is 0.000000270. The van der Waals surface area contributed by atoms with E-state index in [1.165, 1.54) is 74.2 Å². The van der Waals surface area contributed by atoms with Crippen LogP contribution in [-0.4, -0.2) is 157 Å². The van der Waals surface area contributed by atoms with E-state index in [-0.39, 0.29) is 45.9 Å². The normalized spacial score (nSPS) is 15.8. The second kappa shape index (κ2) is 25.2. The van der Waals surface area contributed by atoms with Crippen LogP contribution in [0.2, 0.25) is 36.3 Å². The molecule has 4 heterocycles. The van der Waals surface area contributed by atoms with Crippen molar-refractivity contribution in [2.24, 2.45) is 0 Å². The van der Waals surface area contributed by atoms with Gasteiger partial charge in [-0.15, -0.1) is 0 Å². The molecule has 4 aromatic rings. The zero-order valence-electron chi connectivity index (χ0n) is 44.1. The molecular weight excluding hydrogens is 1020 g/mol. The summed E-state index contributed by atoms with van der Waals surface area (Å²) < 4.78 is 89.3. The summed E-state index contributed by atoms with van der Waals surface area (Å²) in [6.45, 7) is 25.6. The lowest BCUT2D eigenvalue weighted by Gasteiger charge is -2.35. The molecule has 2 saturated heterocycles. The SMILES string of the molecule is CC(C)(C)[Si](C)(C)OC/C=C/c1c[nH]c(=O)c(N2CCN(S(C)(=O)=O)CC2)n1.CC(C)(C)[Si](C)(C)OC/C=C/c1cn(-c2ccc(F)cc2)c(=O)c(N2CCN(S(C)(=O)=O)CC2)n1.OB(O)c1ccc(F)cc1. The fourth-order valence-corrected chi connectivity index (χ4v) is 10.2. The summed E-state index contributed by atoms with van der Waals surface area (Å²) in [5.41, 5.74) is 1.37. The molecule has 2 aliphatic heterocycles. The van der Waals surface area contributed by atoms with Gasteiger partial charge >= 0.3 is 7.12 Å². The number of halogens is 2. The zero-order valence-corrected chi connectivity index (χ0v) is 47.7. The molecule has 18 nitrogen and oxygen atoms in total. The maximum atomic E-state index is 13.5. The van der Waals surface area contributed by atoms with Gasteiger partial charge in [0.1, 0.15) is 11.6 Å². The molecule has 0 unspecified atom stereocenters. The van der Waals surface area contributed by atoms with Gasteiger partial charge in [-0.1, -0.05) is 65.8 Å². The molecule has 6 rings (SSSR count). The lowest BCUT2D eigenvalue weighted by Crippen LogP contribution is -2.50. The minimum atomic E-state index is -3.30. The van der Waals surface area contributed by atoms with E-state index in [1.807, 2.05) is 29.2 Å². The number of H-pyrrole nitrogens is 1. The average molecular weight is 1090 g/mol. The number of rotatable bonds is 14. The van der Waals surface area contributed by atoms with Gasteiger partial charge in [-0.2, -0.15) is 8.61 Å². The Morgan fingerprint density at radius 2 is 1.05 bits per heavy atom. The number of hydrogen-bond donors (Lipinski definition) is 3.